The van der Waals surface area contributed by atoms with Crippen molar-refractivity contribution in [3.8, 4) is 11.4 Å². The summed E-state index contributed by atoms with van der Waals surface area (Å²) in [4.78, 5) is 22.0. The maximum atomic E-state index is 12.8. The number of aryl methyl sites for hydroxylation is 1. The van der Waals surface area contributed by atoms with Crippen LogP contribution in [0.15, 0.2) is 36.7 Å². The van der Waals surface area contributed by atoms with Gasteiger partial charge in [0, 0.05) is 30.3 Å². The summed E-state index contributed by atoms with van der Waals surface area (Å²) in [7, 11) is 0. The second kappa shape index (κ2) is 14.3. The van der Waals surface area contributed by atoms with E-state index in [4.69, 9.17) is 0 Å². The molecule has 2 atom stereocenters. The summed E-state index contributed by atoms with van der Waals surface area (Å²) in [6.45, 7) is 4.50. The summed E-state index contributed by atoms with van der Waals surface area (Å²) in [5.74, 6) is 1.89. The Bertz CT molecular complexity index is 812. The van der Waals surface area contributed by atoms with Gasteiger partial charge < -0.3 is 0 Å². The first kappa shape index (κ1) is 25.6. The lowest BCUT2D eigenvalue weighted by Gasteiger charge is -2.27. The average molecular weight is 449 g/mol. The molecule has 1 fully saturated rings. The molecule has 3 rings (SSSR count). The molecule has 1 heterocycles. The standard InChI is InChI=1S/C30H44N2O/c1-3-5-7-8-9-10-12-14-25-22-31-30(32-23-25)27-18-16-26(17-19-27)28-20-15-24(21-29(28)33)13-11-6-4-2/h16-19,22-24,28H,3-15,20-21H2,1-2H3. The van der Waals surface area contributed by atoms with Crippen molar-refractivity contribution in [1.82, 2.24) is 9.97 Å². The van der Waals surface area contributed by atoms with Gasteiger partial charge in [-0.05, 0) is 42.7 Å². The van der Waals surface area contributed by atoms with Crippen molar-refractivity contribution >= 4 is 5.78 Å². The van der Waals surface area contributed by atoms with Crippen molar-refractivity contribution in [2.75, 3.05) is 0 Å². The highest BCUT2D eigenvalue weighted by Gasteiger charge is 2.29. The molecule has 0 N–H and O–H groups in total. The molecule has 3 heteroatoms. The highest BCUT2D eigenvalue weighted by atomic mass is 16.1. The molecule has 1 aliphatic carbocycles. The van der Waals surface area contributed by atoms with Crippen molar-refractivity contribution in [2.45, 2.75) is 116 Å². The Kier molecular flexibility index (Phi) is 11.1. The van der Waals surface area contributed by atoms with E-state index in [1.165, 1.54) is 82.6 Å². The molecule has 0 aliphatic heterocycles. The van der Waals surface area contributed by atoms with Gasteiger partial charge in [-0.25, -0.2) is 9.97 Å². The predicted molar refractivity (Wildman–Crippen MR) is 138 cm³/mol. The summed E-state index contributed by atoms with van der Waals surface area (Å²) in [6, 6.07) is 8.40. The van der Waals surface area contributed by atoms with E-state index in [9.17, 15) is 4.79 Å². The van der Waals surface area contributed by atoms with Crippen LogP contribution in [0.1, 0.15) is 121 Å². The van der Waals surface area contributed by atoms with E-state index in [0.29, 0.717) is 11.7 Å². The number of carbonyl (C=O) groups is 1. The molecular formula is C30H44N2O. The number of hydrogen-bond donors (Lipinski definition) is 0. The Labute approximate surface area is 201 Å². The topological polar surface area (TPSA) is 42.9 Å². The SMILES string of the molecule is CCCCCCCCCc1cnc(-c2ccc(C3CCC(CCCCC)CC3=O)cc2)nc1. The van der Waals surface area contributed by atoms with Crippen LogP contribution in [-0.4, -0.2) is 15.8 Å². The van der Waals surface area contributed by atoms with Gasteiger partial charge in [0.05, 0.1) is 0 Å². The van der Waals surface area contributed by atoms with Crippen molar-refractivity contribution in [3.63, 3.8) is 0 Å². The maximum absolute atomic E-state index is 12.8. The fraction of sp³-hybridized carbons (Fsp3) is 0.633. The van der Waals surface area contributed by atoms with Gasteiger partial charge in [-0.15, -0.1) is 0 Å². The lowest BCUT2D eigenvalue weighted by atomic mass is 9.76. The van der Waals surface area contributed by atoms with Crippen molar-refractivity contribution in [1.29, 1.82) is 0 Å². The molecule has 0 spiro atoms. The van der Waals surface area contributed by atoms with E-state index in [1.54, 1.807) is 0 Å². The molecule has 1 aliphatic rings. The van der Waals surface area contributed by atoms with Gasteiger partial charge >= 0.3 is 0 Å². The lowest BCUT2D eigenvalue weighted by Crippen LogP contribution is -2.23. The monoisotopic (exact) mass is 448 g/mol. The van der Waals surface area contributed by atoms with E-state index in [0.717, 1.165) is 36.2 Å². The number of Topliss-reactive ketones (excluding diaryl/α,β-unsaturated/α-hetero) is 1. The lowest BCUT2D eigenvalue weighted by molar-refractivity contribution is -0.123. The summed E-state index contributed by atoms with van der Waals surface area (Å²) >= 11 is 0. The van der Waals surface area contributed by atoms with E-state index in [2.05, 4.69) is 48.1 Å². The summed E-state index contributed by atoms with van der Waals surface area (Å²) in [6.07, 6.45) is 22.3. The fourth-order valence-corrected chi connectivity index (χ4v) is 5.16. The Morgan fingerprint density at radius 3 is 2.09 bits per heavy atom. The number of aromatic nitrogens is 2. The van der Waals surface area contributed by atoms with Crippen LogP contribution in [-0.2, 0) is 11.2 Å². The minimum Gasteiger partial charge on any atom is -0.299 e. The molecule has 0 amide bonds. The van der Waals surface area contributed by atoms with Crippen molar-refractivity contribution in [2.24, 2.45) is 5.92 Å². The van der Waals surface area contributed by atoms with E-state index in [-0.39, 0.29) is 5.92 Å². The number of ketones is 1. The van der Waals surface area contributed by atoms with E-state index >= 15 is 0 Å². The first-order chi connectivity index (χ1) is 16.2. The quantitative estimate of drug-likeness (QED) is 0.272. The second-order valence-corrected chi connectivity index (χ2v) is 10.1. The summed E-state index contributed by atoms with van der Waals surface area (Å²) < 4.78 is 0. The van der Waals surface area contributed by atoms with E-state index in [1.807, 2.05) is 12.4 Å². The normalized spacial score (nSPS) is 18.5. The van der Waals surface area contributed by atoms with Crippen LogP contribution < -0.4 is 0 Å². The Morgan fingerprint density at radius 2 is 1.42 bits per heavy atom. The maximum Gasteiger partial charge on any atom is 0.159 e. The Morgan fingerprint density at radius 1 is 0.788 bits per heavy atom. The molecular weight excluding hydrogens is 404 g/mol. The van der Waals surface area contributed by atoms with Gasteiger partial charge in [0.1, 0.15) is 5.78 Å². The molecule has 1 saturated carbocycles. The van der Waals surface area contributed by atoms with Gasteiger partial charge in [-0.2, -0.15) is 0 Å². The Hall–Kier alpha value is -2.03. The molecule has 3 nitrogen and oxygen atoms in total. The molecule has 180 valence electrons. The number of benzene rings is 1. The average Bonchev–Trinajstić information content (AvgIpc) is 2.84. The van der Waals surface area contributed by atoms with Crippen molar-refractivity contribution in [3.05, 3.63) is 47.8 Å². The van der Waals surface area contributed by atoms with Crippen LogP contribution in [0.4, 0.5) is 0 Å². The second-order valence-electron chi connectivity index (χ2n) is 10.1. The smallest absolute Gasteiger partial charge is 0.159 e. The molecule has 2 aromatic rings. The minimum atomic E-state index is 0.0757. The van der Waals surface area contributed by atoms with Gasteiger partial charge in [0.25, 0.3) is 0 Å². The molecule has 1 aromatic carbocycles. The first-order valence-corrected chi connectivity index (χ1v) is 13.6. The molecule has 1 aromatic heterocycles. The van der Waals surface area contributed by atoms with Crippen LogP contribution in [0.25, 0.3) is 11.4 Å². The highest BCUT2D eigenvalue weighted by molar-refractivity contribution is 5.86. The number of unbranched alkanes of at least 4 members (excludes halogenated alkanes) is 8. The van der Waals surface area contributed by atoms with E-state index < -0.39 is 0 Å². The Balaban J connectivity index is 1.45. The third kappa shape index (κ3) is 8.36. The number of hydrogen-bond acceptors (Lipinski definition) is 3. The highest BCUT2D eigenvalue weighted by Crippen LogP contribution is 2.36. The van der Waals surface area contributed by atoms with Gasteiger partial charge in [0.15, 0.2) is 5.82 Å². The fourth-order valence-electron chi connectivity index (χ4n) is 5.16. The molecule has 0 saturated heterocycles. The largest absolute Gasteiger partial charge is 0.299 e. The summed E-state index contributed by atoms with van der Waals surface area (Å²) in [5, 5.41) is 0. The third-order valence-corrected chi connectivity index (χ3v) is 7.30. The molecule has 2 unspecified atom stereocenters. The van der Waals surface area contributed by atoms with Crippen molar-refractivity contribution < 1.29 is 4.79 Å². The number of rotatable bonds is 14. The van der Waals surface area contributed by atoms with Crippen LogP contribution in [0.3, 0.4) is 0 Å². The molecule has 33 heavy (non-hydrogen) atoms. The minimum absolute atomic E-state index is 0.0757. The zero-order chi connectivity index (χ0) is 23.3. The zero-order valence-electron chi connectivity index (χ0n) is 21.0. The predicted octanol–water partition coefficient (Wildman–Crippen LogP) is 8.47. The van der Waals surface area contributed by atoms with Crippen LogP contribution >= 0.6 is 0 Å². The number of nitrogens with zero attached hydrogens (tertiary/aromatic N) is 2. The van der Waals surface area contributed by atoms with Crippen LogP contribution in [0.5, 0.6) is 0 Å². The summed E-state index contributed by atoms with van der Waals surface area (Å²) in [5.41, 5.74) is 3.42. The third-order valence-electron chi connectivity index (χ3n) is 7.30. The zero-order valence-corrected chi connectivity index (χ0v) is 21.0. The first-order valence-electron chi connectivity index (χ1n) is 13.6. The van der Waals surface area contributed by atoms with Gasteiger partial charge in [-0.1, -0.05) is 102 Å². The number of carbonyl (C=O) groups excluding carboxylic acids is 1. The van der Waals surface area contributed by atoms with Crippen LogP contribution in [0.2, 0.25) is 0 Å². The molecule has 0 bridgehead atoms. The van der Waals surface area contributed by atoms with Crippen LogP contribution in [0, 0.1) is 5.92 Å². The van der Waals surface area contributed by atoms with Gasteiger partial charge in [0.2, 0.25) is 0 Å². The van der Waals surface area contributed by atoms with Gasteiger partial charge in [-0.3, -0.25) is 4.79 Å². The molecule has 0 radical (unpaired) electrons.